The van der Waals surface area contributed by atoms with Gasteiger partial charge < -0.3 is 10.1 Å². The predicted octanol–water partition coefficient (Wildman–Crippen LogP) is 3.60. The van der Waals surface area contributed by atoms with E-state index >= 15 is 0 Å². The molecule has 22 heavy (non-hydrogen) atoms. The fourth-order valence-corrected chi connectivity index (χ4v) is 2.89. The minimum absolute atomic E-state index is 0.164. The van der Waals surface area contributed by atoms with Crippen molar-refractivity contribution in [3.63, 3.8) is 0 Å². The van der Waals surface area contributed by atoms with E-state index in [0.717, 1.165) is 42.4 Å². The van der Waals surface area contributed by atoms with E-state index in [-0.39, 0.29) is 6.10 Å². The number of nitrogens with one attached hydrogen (secondary N) is 1. The molecule has 1 N–H and O–H groups in total. The van der Waals surface area contributed by atoms with E-state index in [4.69, 9.17) is 16.3 Å². The molecule has 1 aromatic carbocycles. The highest BCUT2D eigenvalue weighted by Gasteiger charge is 2.16. The first-order valence-corrected chi connectivity index (χ1v) is 8.04. The topological polar surface area (TPSA) is 34.1 Å². The number of morpholine rings is 1. The lowest BCUT2D eigenvalue weighted by Crippen LogP contribution is -2.33. The molecule has 1 unspecified atom stereocenters. The molecule has 0 amide bonds. The van der Waals surface area contributed by atoms with Gasteiger partial charge in [-0.25, -0.2) is 0 Å². The lowest BCUT2D eigenvalue weighted by atomic mass is 9.98. The molecular formula is C18H21ClN2O. The summed E-state index contributed by atoms with van der Waals surface area (Å²) in [5.74, 6) is 0. The Morgan fingerprint density at radius 1 is 1.27 bits per heavy atom. The van der Waals surface area contributed by atoms with Gasteiger partial charge in [0.25, 0.3) is 0 Å². The molecule has 2 heterocycles. The van der Waals surface area contributed by atoms with Crippen molar-refractivity contribution in [2.45, 2.75) is 26.4 Å². The summed E-state index contributed by atoms with van der Waals surface area (Å²) >= 11 is 6.04. The maximum Gasteiger partial charge on any atom is 0.0949 e. The zero-order chi connectivity index (χ0) is 15.5. The smallest absolute Gasteiger partial charge is 0.0949 e. The summed E-state index contributed by atoms with van der Waals surface area (Å²) in [5.41, 5.74) is 5.94. The van der Waals surface area contributed by atoms with E-state index in [9.17, 15) is 0 Å². The fraction of sp³-hybridized carbons (Fsp3) is 0.389. The first-order chi connectivity index (χ1) is 10.6. The van der Waals surface area contributed by atoms with Crippen LogP contribution < -0.4 is 5.32 Å². The van der Waals surface area contributed by atoms with Crippen molar-refractivity contribution in [3.8, 4) is 0 Å². The van der Waals surface area contributed by atoms with Gasteiger partial charge in [0, 0.05) is 31.4 Å². The van der Waals surface area contributed by atoms with Gasteiger partial charge in [-0.05, 0) is 42.2 Å². The zero-order valence-electron chi connectivity index (χ0n) is 13.0. The molecule has 1 saturated heterocycles. The normalized spacial score (nSPS) is 18.4. The number of pyridine rings is 1. The van der Waals surface area contributed by atoms with E-state index < -0.39 is 0 Å². The first kappa shape index (κ1) is 15.5. The molecule has 1 aromatic heterocycles. The molecule has 1 fully saturated rings. The third kappa shape index (κ3) is 3.49. The predicted molar refractivity (Wildman–Crippen MR) is 89.5 cm³/mol. The average Bonchev–Trinajstić information content (AvgIpc) is 2.54. The van der Waals surface area contributed by atoms with Crippen molar-refractivity contribution in [2.75, 3.05) is 19.7 Å². The Morgan fingerprint density at radius 3 is 2.82 bits per heavy atom. The van der Waals surface area contributed by atoms with Gasteiger partial charge in [-0.2, -0.15) is 0 Å². The number of ether oxygens (including phenoxy) is 1. The van der Waals surface area contributed by atoms with Gasteiger partial charge in [0.15, 0.2) is 0 Å². The van der Waals surface area contributed by atoms with Gasteiger partial charge in [-0.15, -0.1) is 0 Å². The van der Waals surface area contributed by atoms with Gasteiger partial charge in [-0.1, -0.05) is 29.8 Å². The largest absolute Gasteiger partial charge is 0.371 e. The van der Waals surface area contributed by atoms with Crippen LogP contribution in [-0.4, -0.2) is 24.7 Å². The molecule has 1 aliphatic heterocycles. The summed E-state index contributed by atoms with van der Waals surface area (Å²) in [6.07, 6.45) is 2.73. The second kappa shape index (κ2) is 6.78. The van der Waals surface area contributed by atoms with E-state index in [2.05, 4.69) is 41.5 Å². The number of hydrogen-bond acceptors (Lipinski definition) is 3. The molecule has 1 aliphatic rings. The number of rotatable bonds is 3. The molecule has 3 rings (SSSR count). The first-order valence-electron chi connectivity index (χ1n) is 7.66. The Morgan fingerprint density at radius 2 is 2.14 bits per heavy atom. The van der Waals surface area contributed by atoms with Gasteiger partial charge in [0.05, 0.1) is 17.7 Å². The molecule has 2 aromatic rings. The van der Waals surface area contributed by atoms with Crippen molar-refractivity contribution in [2.24, 2.45) is 0 Å². The third-order valence-electron chi connectivity index (χ3n) is 4.14. The molecular weight excluding hydrogens is 296 g/mol. The van der Waals surface area contributed by atoms with E-state index in [1.54, 1.807) is 6.20 Å². The molecule has 116 valence electrons. The van der Waals surface area contributed by atoms with Crippen molar-refractivity contribution in [1.82, 2.24) is 10.3 Å². The molecule has 1 atom stereocenters. The molecule has 0 aliphatic carbocycles. The summed E-state index contributed by atoms with van der Waals surface area (Å²) in [6, 6.07) is 8.65. The van der Waals surface area contributed by atoms with Crippen LogP contribution in [0.2, 0.25) is 5.02 Å². The van der Waals surface area contributed by atoms with Crippen LogP contribution in [0, 0.1) is 13.8 Å². The molecule has 3 nitrogen and oxygen atoms in total. The minimum Gasteiger partial charge on any atom is -0.371 e. The van der Waals surface area contributed by atoms with Crippen LogP contribution in [0.25, 0.3) is 0 Å². The quantitative estimate of drug-likeness (QED) is 0.939. The summed E-state index contributed by atoms with van der Waals surface area (Å²) < 4.78 is 5.82. The SMILES string of the molecule is Cc1cc(Cc2ccc(C3CNCCO3)cc2C)ncc1Cl. The summed E-state index contributed by atoms with van der Waals surface area (Å²) in [5, 5.41) is 4.09. The highest BCUT2D eigenvalue weighted by atomic mass is 35.5. The second-order valence-corrected chi connectivity index (χ2v) is 6.26. The molecule has 0 spiro atoms. The Kier molecular flexibility index (Phi) is 4.77. The minimum atomic E-state index is 0.164. The van der Waals surface area contributed by atoms with Crippen molar-refractivity contribution >= 4 is 11.6 Å². The van der Waals surface area contributed by atoms with Crippen LogP contribution in [-0.2, 0) is 11.2 Å². The number of halogens is 1. The van der Waals surface area contributed by atoms with Gasteiger partial charge >= 0.3 is 0 Å². The average molecular weight is 317 g/mol. The zero-order valence-corrected chi connectivity index (χ0v) is 13.8. The summed E-state index contributed by atoms with van der Waals surface area (Å²) in [7, 11) is 0. The second-order valence-electron chi connectivity index (χ2n) is 5.85. The summed E-state index contributed by atoms with van der Waals surface area (Å²) in [4.78, 5) is 4.42. The Hall–Kier alpha value is -1.42. The van der Waals surface area contributed by atoms with Crippen LogP contribution in [0.5, 0.6) is 0 Å². The van der Waals surface area contributed by atoms with Gasteiger partial charge in [0.1, 0.15) is 0 Å². The van der Waals surface area contributed by atoms with Crippen molar-refractivity contribution in [3.05, 3.63) is 63.4 Å². The van der Waals surface area contributed by atoms with Gasteiger partial charge in [0.2, 0.25) is 0 Å². The maximum atomic E-state index is 6.04. The number of benzene rings is 1. The Bertz CT molecular complexity index is 666. The van der Waals surface area contributed by atoms with Crippen molar-refractivity contribution in [1.29, 1.82) is 0 Å². The van der Waals surface area contributed by atoms with Crippen molar-refractivity contribution < 1.29 is 4.74 Å². The lowest BCUT2D eigenvalue weighted by molar-refractivity contribution is 0.0276. The van der Waals surface area contributed by atoms with Crippen LogP contribution in [0.4, 0.5) is 0 Å². The van der Waals surface area contributed by atoms with E-state index in [1.807, 2.05) is 6.92 Å². The van der Waals surface area contributed by atoms with E-state index in [1.165, 1.54) is 16.7 Å². The highest BCUT2D eigenvalue weighted by molar-refractivity contribution is 6.31. The van der Waals surface area contributed by atoms with Crippen LogP contribution >= 0.6 is 11.6 Å². The molecule has 4 heteroatoms. The Labute approximate surface area is 136 Å². The van der Waals surface area contributed by atoms with Crippen LogP contribution in [0.1, 0.15) is 34.1 Å². The van der Waals surface area contributed by atoms with Gasteiger partial charge in [-0.3, -0.25) is 4.98 Å². The number of hydrogen-bond donors (Lipinski definition) is 1. The number of nitrogens with zero attached hydrogens (tertiary/aromatic N) is 1. The van der Waals surface area contributed by atoms with Crippen LogP contribution in [0.15, 0.2) is 30.5 Å². The molecule has 0 bridgehead atoms. The Balaban J connectivity index is 1.78. The van der Waals surface area contributed by atoms with Crippen LogP contribution in [0.3, 0.4) is 0 Å². The molecule has 0 radical (unpaired) electrons. The number of aryl methyl sites for hydroxylation is 2. The lowest BCUT2D eigenvalue weighted by Gasteiger charge is -2.24. The highest BCUT2D eigenvalue weighted by Crippen LogP contribution is 2.23. The third-order valence-corrected chi connectivity index (χ3v) is 4.54. The maximum absolute atomic E-state index is 6.04. The molecule has 0 saturated carbocycles. The fourth-order valence-electron chi connectivity index (χ4n) is 2.79. The monoisotopic (exact) mass is 316 g/mol. The standard InChI is InChI=1S/C18H21ClN2O/c1-12-7-15(18-11-20-5-6-22-18)4-3-14(12)9-16-8-13(2)17(19)10-21-16/h3-4,7-8,10,18,20H,5-6,9,11H2,1-2H3. The summed E-state index contributed by atoms with van der Waals surface area (Å²) in [6.45, 7) is 6.76. The van der Waals surface area contributed by atoms with E-state index in [0.29, 0.717) is 0 Å². The number of aromatic nitrogens is 1.